The van der Waals surface area contributed by atoms with Gasteiger partial charge in [-0.3, -0.25) is 9.48 Å². The monoisotopic (exact) mass is 497 g/mol. The van der Waals surface area contributed by atoms with Gasteiger partial charge < -0.3 is 9.73 Å². The normalized spacial score (nSPS) is 11.6. The number of thiazole rings is 1. The standard InChI is InChI=1S/C23H21F2N7O2S/c1-4-31-9-15(12(2)29-31)17-11-35-23(27-17)28-19(33)10-32-22-20(13(3)30-32)14(21(24)25)8-16(26-22)18-6-5-7-34-18/h5-9,11,21H,4,10H2,1-3H3,(H,27,28,33). The van der Waals surface area contributed by atoms with E-state index < -0.39 is 12.3 Å². The van der Waals surface area contributed by atoms with Crippen LogP contribution in [0.5, 0.6) is 0 Å². The molecule has 5 heterocycles. The lowest BCUT2D eigenvalue weighted by atomic mass is 10.1. The van der Waals surface area contributed by atoms with Gasteiger partial charge in [0.2, 0.25) is 5.91 Å². The van der Waals surface area contributed by atoms with Crippen LogP contribution in [-0.2, 0) is 17.9 Å². The van der Waals surface area contributed by atoms with Crippen LogP contribution in [0.2, 0.25) is 0 Å². The highest BCUT2D eigenvalue weighted by molar-refractivity contribution is 7.14. The second-order valence-electron chi connectivity index (χ2n) is 7.89. The van der Waals surface area contributed by atoms with Crippen LogP contribution >= 0.6 is 11.3 Å². The molecule has 0 saturated carbocycles. The van der Waals surface area contributed by atoms with Crippen molar-refractivity contribution in [2.24, 2.45) is 0 Å². The molecule has 0 unspecified atom stereocenters. The summed E-state index contributed by atoms with van der Waals surface area (Å²) in [7, 11) is 0. The van der Waals surface area contributed by atoms with Gasteiger partial charge in [0.15, 0.2) is 16.5 Å². The van der Waals surface area contributed by atoms with E-state index in [1.807, 2.05) is 30.1 Å². The molecule has 0 radical (unpaired) electrons. The van der Waals surface area contributed by atoms with E-state index in [0.29, 0.717) is 22.3 Å². The van der Waals surface area contributed by atoms with Crippen molar-refractivity contribution in [3.05, 3.63) is 53.0 Å². The van der Waals surface area contributed by atoms with Crippen molar-refractivity contribution in [3.63, 3.8) is 0 Å². The fourth-order valence-electron chi connectivity index (χ4n) is 3.90. The molecule has 9 nitrogen and oxygen atoms in total. The number of alkyl halides is 2. The average molecular weight is 498 g/mol. The SMILES string of the molecule is CCn1cc(-c2csc(NC(=O)Cn3nc(C)c4c(C(F)F)cc(-c5ccco5)nc43)n2)c(C)n1. The van der Waals surface area contributed by atoms with Crippen molar-refractivity contribution in [2.75, 3.05) is 5.32 Å². The number of nitrogens with zero attached hydrogens (tertiary/aromatic N) is 6. The molecule has 12 heteroatoms. The molecule has 0 aromatic carbocycles. The first-order valence-electron chi connectivity index (χ1n) is 10.8. The maximum atomic E-state index is 13.9. The van der Waals surface area contributed by atoms with Crippen LogP contribution in [0.15, 0.2) is 40.5 Å². The molecule has 0 saturated heterocycles. The number of aromatic nitrogens is 6. The van der Waals surface area contributed by atoms with Crippen molar-refractivity contribution in [1.82, 2.24) is 29.5 Å². The Bertz CT molecular complexity index is 1520. The summed E-state index contributed by atoms with van der Waals surface area (Å²) < 4.78 is 36.2. The number of halogens is 2. The van der Waals surface area contributed by atoms with Gasteiger partial charge in [-0.2, -0.15) is 10.2 Å². The highest BCUT2D eigenvalue weighted by Crippen LogP contribution is 2.33. The first-order valence-corrected chi connectivity index (χ1v) is 11.7. The number of rotatable bonds is 7. The molecule has 5 aromatic heterocycles. The lowest BCUT2D eigenvalue weighted by molar-refractivity contribution is -0.116. The van der Waals surface area contributed by atoms with Crippen molar-refractivity contribution in [1.29, 1.82) is 0 Å². The van der Waals surface area contributed by atoms with Gasteiger partial charge in [0.1, 0.15) is 12.2 Å². The molecule has 35 heavy (non-hydrogen) atoms. The summed E-state index contributed by atoms with van der Waals surface area (Å²) >= 11 is 1.29. The van der Waals surface area contributed by atoms with Crippen LogP contribution in [0.4, 0.5) is 13.9 Å². The zero-order valence-electron chi connectivity index (χ0n) is 19.1. The number of nitrogens with one attached hydrogen (secondary N) is 1. The maximum Gasteiger partial charge on any atom is 0.264 e. The highest BCUT2D eigenvalue weighted by atomic mass is 32.1. The summed E-state index contributed by atoms with van der Waals surface area (Å²) in [4.78, 5) is 21.8. The number of carbonyl (C=O) groups excluding carboxylic acids is 1. The van der Waals surface area contributed by atoms with E-state index in [2.05, 4.69) is 25.5 Å². The Morgan fingerprint density at radius 3 is 2.71 bits per heavy atom. The summed E-state index contributed by atoms with van der Waals surface area (Å²) in [6, 6.07) is 4.58. The molecule has 0 aliphatic carbocycles. The molecule has 0 fully saturated rings. The summed E-state index contributed by atoms with van der Waals surface area (Å²) in [5, 5.41) is 14.0. The van der Waals surface area contributed by atoms with Gasteiger partial charge in [0.25, 0.3) is 6.43 Å². The van der Waals surface area contributed by atoms with Gasteiger partial charge in [-0.15, -0.1) is 11.3 Å². The minimum atomic E-state index is -2.74. The highest BCUT2D eigenvalue weighted by Gasteiger charge is 2.23. The van der Waals surface area contributed by atoms with Crippen LogP contribution in [0.25, 0.3) is 33.7 Å². The minimum Gasteiger partial charge on any atom is -0.463 e. The first-order chi connectivity index (χ1) is 16.8. The predicted octanol–water partition coefficient (Wildman–Crippen LogP) is 5.22. The molecule has 0 aliphatic heterocycles. The average Bonchev–Trinajstić information content (AvgIpc) is 3.61. The molecule has 180 valence electrons. The van der Waals surface area contributed by atoms with Crippen molar-refractivity contribution in [2.45, 2.75) is 40.3 Å². The van der Waals surface area contributed by atoms with Gasteiger partial charge in [0, 0.05) is 29.2 Å². The van der Waals surface area contributed by atoms with E-state index in [0.717, 1.165) is 17.8 Å². The summed E-state index contributed by atoms with van der Waals surface area (Å²) in [6.45, 7) is 6.04. The zero-order valence-corrected chi connectivity index (χ0v) is 19.9. The lowest BCUT2D eigenvalue weighted by Crippen LogP contribution is -2.19. The Kier molecular flexibility index (Phi) is 5.89. The van der Waals surface area contributed by atoms with Gasteiger partial charge in [-0.1, -0.05) is 0 Å². The van der Waals surface area contributed by atoms with Gasteiger partial charge in [-0.25, -0.2) is 23.4 Å². The minimum absolute atomic E-state index is 0.185. The molecule has 0 atom stereocenters. The Balaban J connectivity index is 1.42. The van der Waals surface area contributed by atoms with Crippen molar-refractivity contribution >= 4 is 33.4 Å². The van der Waals surface area contributed by atoms with E-state index in [-0.39, 0.29) is 28.8 Å². The topological polar surface area (TPSA) is 104 Å². The van der Waals surface area contributed by atoms with Crippen LogP contribution in [-0.4, -0.2) is 35.4 Å². The van der Waals surface area contributed by atoms with E-state index in [4.69, 9.17) is 4.42 Å². The quantitative estimate of drug-likeness (QED) is 0.330. The molecule has 1 N–H and O–H groups in total. The zero-order chi connectivity index (χ0) is 24.7. The third-order valence-corrected chi connectivity index (χ3v) is 6.26. The fraction of sp³-hybridized carbons (Fsp3) is 0.261. The van der Waals surface area contributed by atoms with Crippen LogP contribution in [0, 0.1) is 13.8 Å². The molecule has 0 spiro atoms. The Morgan fingerprint density at radius 1 is 1.20 bits per heavy atom. The molecular weight excluding hydrogens is 476 g/mol. The van der Waals surface area contributed by atoms with Crippen molar-refractivity contribution < 1.29 is 18.0 Å². The van der Waals surface area contributed by atoms with Crippen LogP contribution < -0.4 is 5.32 Å². The molecule has 0 aliphatic rings. The first kappa shape index (κ1) is 22.8. The number of hydrogen-bond acceptors (Lipinski definition) is 7. The third-order valence-electron chi connectivity index (χ3n) is 5.51. The van der Waals surface area contributed by atoms with Gasteiger partial charge in [-0.05, 0) is 39.0 Å². The fourth-order valence-corrected chi connectivity index (χ4v) is 4.63. The molecular formula is C23H21F2N7O2S. The third kappa shape index (κ3) is 4.32. The lowest BCUT2D eigenvalue weighted by Gasteiger charge is -2.07. The second kappa shape index (κ2) is 9.02. The van der Waals surface area contributed by atoms with E-state index >= 15 is 0 Å². The Hall–Kier alpha value is -3.93. The molecule has 5 rings (SSSR count). The number of amides is 1. The summed E-state index contributed by atoms with van der Waals surface area (Å²) in [5.74, 6) is -0.0549. The van der Waals surface area contributed by atoms with E-state index in [1.165, 1.54) is 28.3 Å². The molecule has 1 amide bonds. The number of anilines is 1. The van der Waals surface area contributed by atoms with Gasteiger partial charge in [0.05, 0.1) is 28.7 Å². The summed E-state index contributed by atoms with van der Waals surface area (Å²) in [5.41, 5.74) is 3.04. The molecule has 0 bridgehead atoms. The number of carbonyl (C=O) groups is 1. The molecule has 5 aromatic rings. The number of furan rings is 1. The largest absolute Gasteiger partial charge is 0.463 e. The van der Waals surface area contributed by atoms with Gasteiger partial charge >= 0.3 is 0 Å². The second-order valence-corrected chi connectivity index (χ2v) is 8.74. The number of fused-ring (bicyclic) bond motifs is 1. The van der Waals surface area contributed by atoms with Crippen molar-refractivity contribution in [3.8, 4) is 22.7 Å². The Labute approximate surface area is 202 Å². The Morgan fingerprint density at radius 2 is 2.03 bits per heavy atom. The summed E-state index contributed by atoms with van der Waals surface area (Å²) in [6.07, 6.45) is 0.613. The number of hydrogen-bond donors (Lipinski definition) is 1. The number of pyridine rings is 1. The number of aryl methyl sites for hydroxylation is 3. The van der Waals surface area contributed by atoms with E-state index in [1.54, 1.807) is 19.1 Å². The van der Waals surface area contributed by atoms with Crippen LogP contribution in [0.3, 0.4) is 0 Å². The smallest absolute Gasteiger partial charge is 0.264 e. The van der Waals surface area contributed by atoms with Crippen LogP contribution in [0.1, 0.15) is 30.3 Å². The van der Waals surface area contributed by atoms with E-state index in [9.17, 15) is 13.6 Å². The predicted molar refractivity (Wildman–Crippen MR) is 127 cm³/mol. The maximum absolute atomic E-state index is 13.9.